The van der Waals surface area contributed by atoms with Gasteiger partial charge in [-0.3, -0.25) is 4.79 Å². The van der Waals surface area contributed by atoms with Crippen LogP contribution in [0.2, 0.25) is 0 Å². The van der Waals surface area contributed by atoms with Gasteiger partial charge in [0.1, 0.15) is 0 Å². The van der Waals surface area contributed by atoms with E-state index in [0.29, 0.717) is 12.3 Å². The van der Waals surface area contributed by atoms with Crippen molar-refractivity contribution in [2.24, 2.45) is 23.7 Å². The topological polar surface area (TPSA) is 75.6 Å². The van der Waals surface area contributed by atoms with Gasteiger partial charge in [-0.1, -0.05) is 44.1 Å². The van der Waals surface area contributed by atoms with E-state index in [2.05, 4.69) is 52.1 Å². The average molecular weight is 402 g/mol. The molecule has 1 saturated heterocycles. The molecule has 0 unspecified atom stereocenters. The zero-order chi connectivity index (χ0) is 21.3. The molecule has 3 aliphatic rings. The van der Waals surface area contributed by atoms with Gasteiger partial charge in [-0.25, -0.2) is 4.79 Å². The minimum absolute atomic E-state index is 0.0346. The van der Waals surface area contributed by atoms with Crippen LogP contribution >= 0.6 is 0 Å². The van der Waals surface area contributed by atoms with Crippen molar-refractivity contribution in [2.45, 2.75) is 78.0 Å². The summed E-state index contributed by atoms with van der Waals surface area (Å²) in [5, 5.41) is 13.3. The zero-order valence-electron chi connectivity index (χ0n) is 18.3. The van der Waals surface area contributed by atoms with Crippen LogP contribution in [-0.2, 0) is 14.3 Å². The van der Waals surface area contributed by atoms with Crippen LogP contribution in [0.1, 0.15) is 60.3 Å². The number of rotatable bonds is 2. The number of hydrogen-bond donors (Lipinski definition) is 2. The van der Waals surface area contributed by atoms with Gasteiger partial charge in [0.15, 0.2) is 0 Å². The number of esters is 1. The van der Waals surface area contributed by atoms with Crippen LogP contribution in [0.5, 0.6) is 0 Å². The maximum Gasteiger partial charge on any atom is 0.331 e. The highest BCUT2D eigenvalue weighted by atomic mass is 16.6. The van der Waals surface area contributed by atoms with E-state index in [1.165, 1.54) is 17.7 Å². The molecule has 2 N–H and O–H groups in total. The number of carbonyl (C=O) groups excluding carboxylic acids is 2. The van der Waals surface area contributed by atoms with Crippen molar-refractivity contribution in [3.8, 4) is 0 Å². The fourth-order valence-electron chi connectivity index (χ4n) is 5.29. The molecule has 0 radical (unpaired) electrons. The second-order valence-corrected chi connectivity index (χ2v) is 9.51. The molecule has 29 heavy (non-hydrogen) atoms. The average Bonchev–Trinajstić information content (AvgIpc) is 2.89. The molecular formula is C24H35NO4. The van der Waals surface area contributed by atoms with Crippen LogP contribution in [0, 0.1) is 23.7 Å². The van der Waals surface area contributed by atoms with E-state index in [1.807, 2.05) is 0 Å². The number of aliphatic hydroxyl groups is 1. The third kappa shape index (κ3) is 4.20. The number of carbonyl (C=O) groups is 2. The summed E-state index contributed by atoms with van der Waals surface area (Å²) in [5.41, 5.74) is 1.14. The molecule has 2 heterocycles. The van der Waals surface area contributed by atoms with Crippen molar-refractivity contribution in [2.75, 3.05) is 0 Å². The van der Waals surface area contributed by atoms with Crippen LogP contribution in [0.4, 0.5) is 0 Å². The molecule has 6 atom stereocenters. The first kappa shape index (κ1) is 21.8. The molecule has 0 bridgehead atoms. The first-order chi connectivity index (χ1) is 13.6. The summed E-state index contributed by atoms with van der Waals surface area (Å²) in [5.74, 6) is -0.632. The molecule has 0 saturated carbocycles. The van der Waals surface area contributed by atoms with E-state index in [-0.39, 0.29) is 29.7 Å². The minimum Gasteiger partial charge on any atom is -0.444 e. The fraction of sp³-hybridized carbons (Fsp3) is 0.667. The number of aliphatic hydroxyl groups excluding tert-OH is 1. The lowest BCUT2D eigenvalue weighted by atomic mass is 9.63. The summed E-state index contributed by atoms with van der Waals surface area (Å²) in [4.78, 5) is 26.2. The van der Waals surface area contributed by atoms with Crippen LogP contribution in [0.25, 0.3) is 0 Å². The van der Waals surface area contributed by atoms with Crippen LogP contribution in [0.15, 0.2) is 35.5 Å². The van der Waals surface area contributed by atoms with Gasteiger partial charge in [0, 0.05) is 24.0 Å². The third-order valence-corrected chi connectivity index (χ3v) is 6.78. The predicted octanol–water partition coefficient (Wildman–Crippen LogP) is 3.69. The standard InChI is InChI=1S/C24H35NO4/c1-14(2)11-20-22-17(5)16(4)13-18-12-15(3)7-6-8-19(26)9-10-21(27)29-24(18,22)23(28)25-20/h9-10,12-14,17-20,22,26H,6-8,11H2,1-5H3,(H,25,28)/b10-9+,15-12-/t17-,18-,19-,20+,22+,24+/m0/s1. The van der Waals surface area contributed by atoms with E-state index in [0.717, 1.165) is 24.8 Å². The molecule has 2 aliphatic heterocycles. The lowest BCUT2D eigenvalue weighted by Gasteiger charge is -2.45. The summed E-state index contributed by atoms with van der Waals surface area (Å²) < 4.78 is 6.04. The van der Waals surface area contributed by atoms with Gasteiger partial charge in [0.2, 0.25) is 5.60 Å². The minimum atomic E-state index is -1.24. The molecular weight excluding hydrogens is 366 g/mol. The summed E-state index contributed by atoms with van der Waals surface area (Å²) in [7, 11) is 0. The van der Waals surface area contributed by atoms with Gasteiger partial charge in [0.05, 0.1) is 6.10 Å². The number of hydrogen-bond acceptors (Lipinski definition) is 4. The van der Waals surface area contributed by atoms with Crippen molar-refractivity contribution in [3.05, 3.63) is 35.5 Å². The number of nitrogens with one attached hydrogen (secondary N) is 1. The van der Waals surface area contributed by atoms with E-state index in [9.17, 15) is 14.7 Å². The molecule has 3 rings (SSSR count). The maximum atomic E-state index is 13.4. The van der Waals surface area contributed by atoms with Gasteiger partial charge >= 0.3 is 5.97 Å². The first-order valence-electron chi connectivity index (χ1n) is 10.9. The Hall–Kier alpha value is -1.88. The lowest BCUT2D eigenvalue weighted by Crippen LogP contribution is -2.56. The Kier molecular flexibility index (Phi) is 6.37. The quantitative estimate of drug-likeness (QED) is 0.547. The Bertz CT molecular complexity index is 750. The maximum absolute atomic E-state index is 13.4. The summed E-state index contributed by atoms with van der Waals surface area (Å²) in [6, 6.07) is -0.0346. The fourth-order valence-corrected chi connectivity index (χ4v) is 5.29. The van der Waals surface area contributed by atoms with Crippen LogP contribution in [0.3, 0.4) is 0 Å². The molecule has 1 fully saturated rings. The number of amides is 1. The third-order valence-electron chi connectivity index (χ3n) is 6.78. The summed E-state index contributed by atoms with van der Waals surface area (Å²) >= 11 is 0. The van der Waals surface area contributed by atoms with E-state index < -0.39 is 17.7 Å². The van der Waals surface area contributed by atoms with E-state index >= 15 is 0 Å². The normalized spacial score (nSPS) is 41.0. The number of ether oxygens (including phenoxy) is 1. The van der Waals surface area contributed by atoms with Gasteiger partial charge < -0.3 is 15.2 Å². The molecule has 0 aromatic heterocycles. The summed E-state index contributed by atoms with van der Waals surface area (Å²) in [6.07, 6.45) is 9.40. The molecule has 160 valence electrons. The van der Waals surface area contributed by atoms with Gasteiger partial charge in [0.25, 0.3) is 5.91 Å². The molecule has 1 spiro atoms. The Morgan fingerprint density at radius 3 is 2.69 bits per heavy atom. The van der Waals surface area contributed by atoms with Crippen LogP contribution < -0.4 is 5.32 Å². The molecule has 0 aromatic carbocycles. The largest absolute Gasteiger partial charge is 0.444 e. The van der Waals surface area contributed by atoms with Crippen molar-refractivity contribution in [1.29, 1.82) is 0 Å². The van der Waals surface area contributed by atoms with Crippen LogP contribution in [-0.4, -0.2) is 34.7 Å². The first-order valence-corrected chi connectivity index (χ1v) is 10.9. The van der Waals surface area contributed by atoms with Crippen molar-refractivity contribution in [1.82, 2.24) is 5.32 Å². The Balaban J connectivity index is 2.13. The summed E-state index contributed by atoms with van der Waals surface area (Å²) in [6.45, 7) is 10.6. The molecule has 0 aromatic rings. The van der Waals surface area contributed by atoms with Crippen molar-refractivity contribution in [3.63, 3.8) is 0 Å². The smallest absolute Gasteiger partial charge is 0.331 e. The monoisotopic (exact) mass is 401 g/mol. The van der Waals surface area contributed by atoms with Crippen molar-refractivity contribution < 1.29 is 19.4 Å². The Morgan fingerprint density at radius 2 is 2.00 bits per heavy atom. The molecule has 5 heteroatoms. The molecule has 1 amide bonds. The second kappa shape index (κ2) is 8.47. The zero-order valence-corrected chi connectivity index (χ0v) is 18.3. The van der Waals surface area contributed by atoms with Gasteiger partial charge in [-0.05, 0) is 57.4 Å². The molecule has 5 nitrogen and oxygen atoms in total. The second-order valence-electron chi connectivity index (χ2n) is 9.51. The van der Waals surface area contributed by atoms with E-state index in [1.54, 1.807) is 0 Å². The van der Waals surface area contributed by atoms with E-state index in [4.69, 9.17) is 4.74 Å². The van der Waals surface area contributed by atoms with Gasteiger partial charge in [-0.2, -0.15) is 0 Å². The highest BCUT2D eigenvalue weighted by Crippen LogP contribution is 2.50. The number of allylic oxidation sites excluding steroid dienone is 2. The Morgan fingerprint density at radius 1 is 1.28 bits per heavy atom. The highest BCUT2D eigenvalue weighted by Gasteiger charge is 2.64. The van der Waals surface area contributed by atoms with Gasteiger partial charge in [-0.15, -0.1) is 0 Å². The Labute approximate surface area is 174 Å². The van der Waals surface area contributed by atoms with Crippen molar-refractivity contribution >= 4 is 11.9 Å². The SMILES string of the molecule is CC1=C[C@@H]2/C=C(/C)CCC[C@H](O)/C=C/C(=O)O[C@]23C(=O)N[C@H](CC(C)C)[C@H]3[C@H]1C. The predicted molar refractivity (Wildman–Crippen MR) is 113 cm³/mol. The molecule has 1 aliphatic carbocycles. The highest BCUT2D eigenvalue weighted by molar-refractivity contribution is 5.94. The lowest BCUT2D eigenvalue weighted by molar-refractivity contribution is -0.172.